The number of aryl methyl sites for hydroxylation is 1. The average molecular weight is 534 g/mol. The number of aliphatic carboxylic acids is 1. The number of aromatic hydroxyl groups is 1. The summed E-state index contributed by atoms with van der Waals surface area (Å²) >= 11 is 3.46. The van der Waals surface area contributed by atoms with E-state index in [2.05, 4.69) is 20.9 Å². The fourth-order valence-electron chi connectivity index (χ4n) is 3.80. The molecule has 0 radical (unpaired) electrons. The molecule has 0 fully saturated rings. The van der Waals surface area contributed by atoms with Gasteiger partial charge in [-0.2, -0.15) is 0 Å². The van der Waals surface area contributed by atoms with Crippen LogP contribution in [0.3, 0.4) is 0 Å². The van der Waals surface area contributed by atoms with Crippen molar-refractivity contribution in [2.45, 2.75) is 19.8 Å². The quantitative estimate of drug-likeness (QED) is 0.261. The van der Waals surface area contributed by atoms with Crippen LogP contribution >= 0.6 is 15.9 Å². The molecule has 8 heteroatoms. The van der Waals surface area contributed by atoms with Gasteiger partial charge in [0.1, 0.15) is 0 Å². The first kappa shape index (κ1) is 24.2. The second kappa shape index (κ2) is 10.1. The van der Waals surface area contributed by atoms with Crippen molar-refractivity contribution < 1.29 is 19.8 Å². The lowest BCUT2D eigenvalue weighted by Crippen LogP contribution is -2.22. The summed E-state index contributed by atoms with van der Waals surface area (Å²) in [5.74, 6) is -0.912. The maximum Gasteiger partial charge on any atom is 0.303 e. The molecule has 3 aromatic carbocycles. The van der Waals surface area contributed by atoms with E-state index < -0.39 is 5.97 Å². The number of carboxylic acid groups (broad SMARTS) is 1. The van der Waals surface area contributed by atoms with Crippen molar-refractivity contribution in [1.82, 2.24) is 4.98 Å². The predicted molar refractivity (Wildman–Crippen MR) is 141 cm³/mol. The van der Waals surface area contributed by atoms with Gasteiger partial charge in [0.25, 0.3) is 0 Å². The summed E-state index contributed by atoms with van der Waals surface area (Å²) in [7, 11) is 1.71. The molecule has 35 heavy (non-hydrogen) atoms. The smallest absolute Gasteiger partial charge is 0.303 e. The van der Waals surface area contributed by atoms with Gasteiger partial charge < -0.3 is 20.1 Å². The van der Waals surface area contributed by atoms with Crippen molar-refractivity contribution >= 4 is 55.8 Å². The Kier molecular flexibility index (Phi) is 7.02. The maximum atomic E-state index is 11.7. The number of nitrogens with one attached hydrogen (secondary N) is 1. The van der Waals surface area contributed by atoms with Crippen LogP contribution in [0.1, 0.15) is 30.0 Å². The van der Waals surface area contributed by atoms with Gasteiger partial charge in [-0.3, -0.25) is 9.59 Å². The predicted octanol–water partition coefficient (Wildman–Crippen LogP) is 5.81. The topological polar surface area (TPSA) is 106 Å². The van der Waals surface area contributed by atoms with Crippen molar-refractivity contribution in [3.8, 4) is 5.88 Å². The minimum absolute atomic E-state index is 0.000244. The number of hydrogen-bond donors (Lipinski definition) is 3. The molecule has 0 saturated carbocycles. The van der Waals surface area contributed by atoms with Crippen molar-refractivity contribution in [3.05, 3.63) is 87.9 Å². The molecule has 0 unspecified atom stereocenters. The summed E-state index contributed by atoms with van der Waals surface area (Å²) in [4.78, 5) is 32.0. The Morgan fingerprint density at radius 1 is 1.03 bits per heavy atom. The molecule has 0 bridgehead atoms. The molecule has 0 aliphatic heterocycles. The molecule has 4 aromatic rings. The molecule has 178 valence electrons. The van der Waals surface area contributed by atoms with Crippen molar-refractivity contribution in [1.29, 1.82) is 0 Å². The first-order chi connectivity index (χ1) is 16.7. The number of carbonyl (C=O) groups excluding carboxylic acids is 1. The number of aliphatic imine (C=N–C) groups is 1. The number of aromatic amines is 1. The van der Waals surface area contributed by atoms with Crippen LogP contribution in [-0.2, 0) is 16.0 Å². The molecular formula is C27H24BrN3O4. The highest BCUT2D eigenvalue weighted by atomic mass is 79.9. The molecule has 0 aliphatic carbocycles. The second-order valence-electron chi connectivity index (χ2n) is 8.18. The Morgan fingerprint density at radius 2 is 1.71 bits per heavy atom. The Morgan fingerprint density at radius 3 is 2.34 bits per heavy atom. The van der Waals surface area contributed by atoms with Crippen LogP contribution < -0.4 is 4.90 Å². The van der Waals surface area contributed by atoms with E-state index in [1.54, 1.807) is 11.9 Å². The third kappa shape index (κ3) is 5.44. The van der Waals surface area contributed by atoms with Crippen LogP contribution in [0.2, 0.25) is 0 Å². The summed E-state index contributed by atoms with van der Waals surface area (Å²) < 4.78 is 0.879. The van der Waals surface area contributed by atoms with Crippen molar-refractivity contribution in [3.63, 3.8) is 0 Å². The van der Waals surface area contributed by atoms with E-state index in [-0.39, 0.29) is 18.2 Å². The number of benzene rings is 3. The van der Waals surface area contributed by atoms with Crippen LogP contribution in [0.4, 0.5) is 11.4 Å². The average Bonchev–Trinajstić information content (AvgIpc) is 3.16. The number of anilines is 1. The number of carbonyl (C=O) groups is 2. The van der Waals surface area contributed by atoms with Crippen LogP contribution in [0.5, 0.6) is 5.88 Å². The van der Waals surface area contributed by atoms with Gasteiger partial charge in [-0.15, -0.1) is 0 Å². The van der Waals surface area contributed by atoms with Crippen LogP contribution in [-0.4, -0.2) is 39.8 Å². The van der Waals surface area contributed by atoms with Crippen LogP contribution in [0, 0.1) is 0 Å². The van der Waals surface area contributed by atoms with Crippen LogP contribution in [0.15, 0.2) is 76.2 Å². The van der Waals surface area contributed by atoms with Crippen molar-refractivity contribution in [2.24, 2.45) is 4.99 Å². The summed E-state index contributed by atoms with van der Waals surface area (Å²) in [6.07, 6.45) is 0.485. The highest BCUT2D eigenvalue weighted by Crippen LogP contribution is 2.33. The standard InChI is InChI=1S/C27H24BrN3O4/c1-16(32)31(2)21-11-9-20(10-12-21)29-26(18-6-3-17(4-7-18)5-14-24(33)34)25-22-13-8-19(28)15-23(22)30-27(25)35/h3-4,6-13,15,30,35H,5,14H2,1-2H3,(H,33,34). The Bertz CT molecular complexity index is 1420. The number of hydrogen-bond acceptors (Lipinski definition) is 4. The molecule has 0 saturated heterocycles. The van der Waals surface area contributed by atoms with Gasteiger partial charge >= 0.3 is 5.97 Å². The highest BCUT2D eigenvalue weighted by Gasteiger charge is 2.19. The zero-order valence-electron chi connectivity index (χ0n) is 19.2. The molecule has 1 heterocycles. The van der Waals surface area contributed by atoms with Crippen molar-refractivity contribution in [2.75, 3.05) is 11.9 Å². The van der Waals surface area contributed by atoms with E-state index in [0.29, 0.717) is 23.4 Å². The number of halogens is 1. The Labute approximate surface area is 210 Å². The number of rotatable bonds is 7. The van der Waals surface area contributed by atoms with Gasteiger partial charge in [-0.25, -0.2) is 4.99 Å². The molecule has 1 aromatic heterocycles. The van der Waals surface area contributed by atoms with Crippen LogP contribution in [0.25, 0.3) is 10.9 Å². The lowest BCUT2D eigenvalue weighted by Gasteiger charge is -2.15. The number of carboxylic acids is 1. The zero-order chi connectivity index (χ0) is 25.1. The van der Waals surface area contributed by atoms with Gasteiger partial charge in [0.15, 0.2) is 5.88 Å². The maximum absolute atomic E-state index is 11.7. The molecule has 7 nitrogen and oxygen atoms in total. The van der Waals surface area contributed by atoms with E-state index in [1.165, 1.54) is 6.92 Å². The van der Waals surface area contributed by atoms with Gasteiger partial charge in [0.2, 0.25) is 5.91 Å². The Hall–Kier alpha value is -3.91. The fraction of sp³-hybridized carbons (Fsp3) is 0.148. The number of nitrogens with zero attached hydrogens (tertiary/aromatic N) is 2. The SMILES string of the molecule is CC(=O)N(C)c1ccc(N=C(c2ccc(CCC(=O)O)cc2)c2c(O)[nH]c3cc(Br)ccc23)cc1. The van der Waals surface area contributed by atoms with Gasteiger partial charge in [-0.05, 0) is 48.4 Å². The number of fused-ring (bicyclic) bond motifs is 1. The van der Waals surface area contributed by atoms with E-state index in [9.17, 15) is 14.7 Å². The molecular weight excluding hydrogens is 510 g/mol. The highest BCUT2D eigenvalue weighted by molar-refractivity contribution is 9.10. The van der Waals surface area contributed by atoms with E-state index in [0.717, 1.165) is 32.2 Å². The second-order valence-corrected chi connectivity index (χ2v) is 9.10. The third-order valence-corrected chi connectivity index (χ3v) is 6.28. The molecule has 4 rings (SSSR count). The largest absolute Gasteiger partial charge is 0.494 e. The number of aromatic nitrogens is 1. The molecule has 3 N–H and O–H groups in total. The van der Waals surface area contributed by atoms with Gasteiger partial charge in [0.05, 0.1) is 22.5 Å². The summed E-state index contributed by atoms with van der Waals surface area (Å²) in [5, 5.41) is 20.6. The first-order valence-electron chi connectivity index (χ1n) is 11.0. The molecule has 0 spiro atoms. The van der Waals surface area contributed by atoms with Gasteiger partial charge in [-0.1, -0.05) is 46.3 Å². The summed E-state index contributed by atoms with van der Waals surface area (Å²) in [6, 6.07) is 20.5. The molecule has 1 amide bonds. The van der Waals surface area contributed by atoms with E-state index >= 15 is 0 Å². The lowest BCUT2D eigenvalue weighted by atomic mass is 9.98. The lowest BCUT2D eigenvalue weighted by molar-refractivity contribution is -0.137. The fourth-order valence-corrected chi connectivity index (χ4v) is 4.16. The molecule has 0 atom stereocenters. The first-order valence-corrected chi connectivity index (χ1v) is 11.8. The minimum Gasteiger partial charge on any atom is -0.494 e. The monoisotopic (exact) mass is 533 g/mol. The van der Waals surface area contributed by atoms with Gasteiger partial charge in [0, 0.05) is 41.5 Å². The minimum atomic E-state index is -0.843. The van der Waals surface area contributed by atoms with E-state index in [4.69, 9.17) is 10.1 Å². The zero-order valence-corrected chi connectivity index (χ0v) is 20.8. The Balaban J connectivity index is 1.81. The number of H-pyrrole nitrogens is 1. The number of amides is 1. The molecule has 0 aliphatic rings. The third-order valence-electron chi connectivity index (χ3n) is 5.78. The summed E-state index contributed by atoms with van der Waals surface area (Å²) in [6.45, 7) is 1.50. The van der Waals surface area contributed by atoms with E-state index in [1.807, 2.05) is 66.7 Å². The normalized spacial score (nSPS) is 11.6. The summed E-state index contributed by atoms with van der Waals surface area (Å²) in [5.41, 5.74) is 4.97.